The molecule has 5 N–H and O–H groups in total. The van der Waals surface area contributed by atoms with Gasteiger partial charge < -0.3 is 36.1 Å². The largest absolute Gasteiger partial charge is 0.467 e. The molecule has 3 aromatic rings. The maximum absolute atomic E-state index is 13.8. The summed E-state index contributed by atoms with van der Waals surface area (Å²) in [6.45, 7) is 3.73. The normalized spacial score (nSPS) is 15.9. The van der Waals surface area contributed by atoms with Gasteiger partial charge in [-0.3, -0.25) is 14.4 Å². The number of carbonyl (C=O) groups is 4. The van der Waals surface area contributed by atoms with Gasteiger partial charge in [0.25, 0.3) is 0 Å². The first kappa shape index (κ1) is 33.2. The quantitative estimate of drug-likeness (QED) is 0.214. The number of ether oxygens (including phenoxy) is 2. The molecule has 1 aliphatic rings. The molecule has 11 nitrogen and oxygen atoms in total. The molecular formula is C34H41N5O6. The van der Waals surface area contributed by atoms with Crippen LogP contribution in [-0.4, -0.2) is 66.5 Å². The van der Waals surface area contributed by atoms with Crippen molar-refractivity contribution in [2.75, 3.05) is 30.9 Å². The maximum Gasteiger partial charge on any atom is 0.328 e. The summed E-state index contributed by atoms with van der Waals surface area (Å²) in [5.41, 5.74) is 7.41. The van der Waals surface area contributed by atoms with Crippen molar-refractivity contribution in [1.82, 2.24) is 10.2 Å². The average Bonchev–Trinajstić information content (AvgIpc) is 3.53. The molecule has 0 aromatic heterocycles. The molecule has 0 bridgehead atoms. The summed E-state index contributed by atoms with van der Waals surface area (Å²) in [6, 6.07) is 23.2. The van der Waals surface area contributed by atoms with E-state index in [1.54, 1.807) is 43.0 Å². The average molecular weight is 616 g/mol. The number of methoxy groups -OCH3 is 1. The molecule has 238 valence electrons. The minimum absolute atomic E-state index is 0.0811. The number of rotatable bonds is 13. The number of nitrogens with two attached hydrogens (primary N) is 1. The summed E-state index contributed by atoms with van der Waals surface area (Å²) in [7, 11) is 1.32. The summed E-state index contributed by atoms with van der Waals surface area (Å²) < 4.78 is 10.7. The van der Waals surface area contributed by atoms with Gasteiger partial charge in [-0.15, -0.1) is 0 Å². The number of hydrogen-bond donors (Lipinski definition) is 4. The predicted octanol–water partition coefficient (Wildman–Crippen LogP) is 3.38. The van der Waals surface area contributed by atoms with Gasteiger partial charge in [-0.05, 0) is 56.0 Å². The number of carbonyl (C=O) groups excluding carboxylic acids is 4. The fourth-order valence-electron chi connectivity index (χ4n) is 4.99. The Morgan fingerprint density at radius 1 is 0.956 bits per heavy atom. The van der Waals surface area contributed by atoms with Crippen molar-refractivity contribution in [2.45, 2.75) is 57.0 Å². The van der Waals surface area contributed by atoms with Gasteiger partial charge in [0, 0.05) is 17.9 Å². The van der Waals surface area contributed by atoms with E-state index in [1.807, 2.05) is 60.7 Å². The molecule has 1 fully saturated rings. The Morgan fingerprint density at radius 3 is 2.29 bits per heavy atom. The lowest BCUT2D eigenvalue weighted by atomic mass is 10.0. The van der Waals surface area contributed by atoms with E-state index >= 15 is 0 Å². The van der Waals surface area contributed by atoms with E-state index in [2.05, 4.69) is 16.0 Å². The van der Waals surface area contributed by atoms with Crippen molar-refractivity contribution in [1.29, 1.82) is 0 Å². The number of likely N-dealkylation sites (tertiary alicyclic amines) is 1. The zero-order valence-electron chi connectivity index (χ0n) is 25.8. The van der Waals surface area contributed by atoms with Gasteiger partial charge in [0.15, 0.2) is 0 Å². The zero-order valence-corrected chi connectivity index (χ0v) is 25.8. The molecule has 1 saturated heterocycles. The summed E-state index contributed by atoms with van der Waals surface area (Å²) in [5, 5.41) is 8.83. The first-order valence-electron chi connectivity index (χ1n) is 14.9. The summed E-state index contributed by atoms with van der Waals surface area (Å²) >= 11 is 0. The number of amides is 3. The topological polar surface area (TPSA) is 152 Å². The summed E-state index contributed by atoms with van der Waals surface area (Å²) in [6.07, 6.45) is 1.23. The molecule has 3 atom stereocenters. The minimum atomic E-state index is -1.21. The van der Waals surface area contributed by atoms with Crippen molar-refractivity contribution in [2.24, 2.45) is 5.73 Å². The third-order valence-corrected chi connectivity index (χ3v) is 7.43. The van der Waals surface area contributed by atoms with Crippen molar-refractivity contribution in [3.8, 4) is 0 Å². The van der Waals surface area contributed by atoms with Gasteiger partial charge in [0.1, 0.15) is 18.1 Å². The van der Waals surface area contributed by atoms with Crippen molar-refractivity contribution >= 4 is 35.1 Å². The maximum atomic E-state index is 13.8. The van der Waals surface area contributed by atoms with Crippen LogP contribution in [-0.2, 0) is 35.3 Å². The lowest BCUT2D eigenvalue weighted by Crippen LogP contribution is -2.56. The Morgan fingerprint density at radius 2 is 1.62 bits per heavy atom. The van der Waals surface area contributed by atoms with E-state index in [4.69, 9.17) is 15.2 Å². The fourth-order valence-corrected chi connectivity index (χ4v) is 4.99. The van der Waals surface area contributed by atoms with Crippen molar-refractivity contribution in [3.05, 3.63) is 96.1 Å². The van der Waals surface area contributed by atoms with Gasteiger partial charge in [-0.25, -0.2) is 4.79 Å². The van der Waals surface area contributed by atoms with Gasteiger partial charge in [0.05, 0.1) is 25.9 Å². The Bertz CT molecular complexity index is 1460. The second-order valence-electron chi connectivity index (χ2n) is 11.5. The van der Waals surface area contributed by atoms with Gasteiger partial charge >= 0.3 is 5.97 Å². The number of nitrogens with one attached hydrogen (secondary N) is 3. The molecule has 0 saturated carbocycles. The van der Waals surface area contributed by atoms with Crippen LogP contribution in [0.3, 0.4) is 0 Å². The molecule has 0 radical (unpaired) electrons. The Hall–Kier alpha value is -4.74. The fraction of sp³-hybridized carbons (Fsp3) is 0.353. The van der Waals surface area contributed by atoms with Crippen LogP contribution in [0.5, 0.6) is 0 Å². The molecule has 1 heterocycles. The van der Waals surface area contributed by atoms with E-state index in [-0.39, 0.29) is 19.1 Å². The number of nitrogens with zero attached hydrogens (tertiary/aromatic N) is 1. The van der Waals surface area contributed by atoms with Crippen LogP contribution in [0.15, 0.2) is 84.9 Å². The number of hydrogen-bond acceptors (Lipinski definition) is 8. The Balaban J connectivity index is 1.50. The van der Waals surface area contributed by atoms with E-state index in [0.717, 1.165) is 11.1 Å². The number of anilines is 2. The van der Waals surface area contributed by atoms with Gasteiger partial charge in [-0.2, -0.15) is 0 Å². The van der Waals surface area contributed by atoms with Crippen molar-refractivity contribution < 1.29 is 28.7 Å². The SMILES string of the molecule is COC(=O)C1CCCN1C(=O)C(Nc1cccc(NC(=O)C(COCc2ccccc2)NC(=O)C(C)(C)N)c1)c1ccccc1. The monoisotopic (exact) mass is 615 g/mol. The predicted molar refractivity (Wildman–Crippen MR) is 171 cm³/mol. The standard InChI is InChI=1S/C34H41N5O6/c1-34(2,35)33(43)38-27(22-45-21-23-12-6-4-7-13-23)30(40)37-26-17-10-16-25(20-26)36-29(24-14-8-5-9-15-24)31(41)39-19-11-18-28(39)32(42)44-3/h4-10,12-17,20,27-29,36H,11,18-19,21-22,35H2,1-3H3,(H,37,40)(H,38,43). The Labute approximate surface area is 263 Å². The highest BCUT2D eigenvalue weighted by atomic mass is 16.5. The molecule has 45 heavy (non-hydrogen) atoms. The van der Waals surface area contributed by atoms with Crippen LogP contribution < -0.4 is 21.7 Å². The molecule has 11 heteroatoms. The summed E-state index contributed by atoms with van der Waals surface area (Å²) in [4.78, 5) is 53.9. The van der Waals surface area contributed by atoms with E-state index in [0.29, 0.717) is 30.8 Å². The molecule has 3 unspecified atom stereocenters. The van der Waals surface area contributed by atoms with Crippen LogP contribution in [0.1, 0.15) is 43.9 Å². The lowest BCUT2D eigenvalue weighted by molar-refractivity contribution is -0.151. The van der Waals surface area contributed by atoms with Gasteiger partial charge in [0.2, 0.25) is 17.7 Å². The molecule has 1 aliphatic heterocycles. The highest BCUT2D eigenvalue weighted by molar-refractivity contribution is 5.99. The number of benzene rings is 3. The van der Waals surface area contributed by atoms with Crippen LogP contribution in [0.25, 0.3) is 0 Å². The third kappa shape index (κ3) is 9.13. The minimum Gasteiger partial charge on any atom is -0.467 e. The molecule has 4 rings (SSSR count). The van der Waals surface area contributed by atoms with Crippen LogP contribution in [0.2, 0.25) is 0 Å². The smallest absolute Gasteiger partial charge is 0.328 e. The second-order valence-corrected chi connectivity index (χ2v) is 11.5. The molecule has 0 aliphatic carbocycles. The number of esters is 1. The highest BCUT2D eigenvalue weighted by Crippen LogP contribution is 2.28. The molecule has 0 spiro atoms. The van der Waals surface area contributed by atoms with Gasteiger partial charge in [-0.1, -0.05) is 66.7 Å². The first-order valence-corrected chi connectivity index (χ1v) is 14.9. The van der Waals surface area contributed by atoms with E-state index < -0.39 is 41.4 Å². The van der Waals surface area contributed by atoms with E-state index in [9.17, 15) is 19.2 Å². The highest BCUT2D eigenvalue weighted by Gasteiger charge is 2.38. The van der Waals surface area contributed by atoms with Crippen molar-refractivity contribution in [3.63, 3.8) is 0 Å². The lowest BCUT2D eigenvalue weighted by Gasteiger charge is -2.29. The van der Waals surface area contributed by atoms with Crippen LogP contribution in [0, 0.1) is 0 Å². The summed E-state index contributed by atoms with van der Waals surface area (Å²) in [5.74, 6) is -1.69. The first-order chi connectivity index (χ1) is 21.6. The zero-order chi connectivity index (χ0) is 32.4. The van der Waals surface area contributed by atoms with Crippen LogP contribution in [0.4, 0.5) is 11.4 Å². The van der Waals surface area contributed by atoms with Crippen LogP contribution >= 0.6 is 0 Å². The molecule has 3 amide bonds. The molecule has 3 aromatic carbocycles. The third-order valence-electron chi connectivity index (χ3n) is 7.43. The molecular weight excluding hydrogens is 574 g/mol. The second kappa shape index (κ2) is 15.3. The van der Waals surface area contributed by atoms with E-state index in [1.165, 1.54) is 7.11 Å². The Kier molecular flexibility index (Phi) is 11.3.